The molecule has 1 saturated carbocycles. The first kappa shape index (κ1) is 20.0. The number of aromatic nitrogens is 1. The molecule has 0 radical (unpaired) electrons. The molecule has 3 aromatic rings. The van der Waals surface area contributed by atoms with Crippen LogP contribution >= 0.6 is 0 Å². The fourth-order valence-electron chi connectivity index (χ4n) is 3.93. The molecule has 4 nitrogen and oxygen atoms in total. The van der Waals surface area contributed by atoms with E-state index in [1.807, 2.05) is 36.4 Å². The van der Waals surface area contributed by atoms with Gasteiger partial charge in [-0.05, 0) is 78.8 Å². The number of rotatable bonds is 7. The van der Waals surface area contributed by atoms with Crippen LogP contribution in [0.25, 0.3) is 11.6 Å². The topological polar surface area (TPSA) is 40.6 Å². The van der Waals surface area contributed by atoms with Gasteiger partial charge >= 0.3 is 0 Å². The van der Waals surface area contributed by atoms with Crippen LogP contribution in [0.2, 0.25) is 0 Å². The lowest BCUT2D eigenvalue weighted by atomic mass is 9.94. The predicted octanol–water partition coefficient (Wildman–Crippen LogP) is 6.01. The number of methoxy groups -OCH3 is 2. The van der Waals surface area contributed by atoms with E-state index in [9.17, 15) is 0 Å². The summed E-state index contributed by atoms with van der Waals surface area (Å²) in [5, 5.41) is 0. The van der Waals surface area contributed by atoms with Gasteiger partial charge in [-0.1, -0.05) is 24.3 Å². The Balaban J connectivity index is 1.81. The first-order valence-corrected chi connectivity index (χ1v) is 10.4. The van der Waals surface area contributed by atoms with Crippen molar-refractivity contribution in [1.82, 2.24) is 4.98 Å². The van der Waals surface area contributed by atoms with Gasteiger partial charge in [0.1, 0.15) is 5.75 Å². The molecular formula is C26H27NO3. The van der Waals surface area contributed by atoms with Crippen molar-refractivity contribution >= 4 is 11.6 Å². The maximum absolute atomic E-state index is 6.34. The number of benzene rings is 2. The van der Waals surface area contributed by atoms with Gasteiger partial charge in [-0.25, -0.2) is 0 Å². The van der Waals surface area contributed by atoms with Gasteiger partial charge in [0, 0.05) is 18.0 Å². The molecule has 4 heteroatoms. The molecule has 0 spiro atoms. The van der Waals surface area contributed by atoms with Gasteiger partial charge < -0.3 is 14.2 Å². The average Bonchev–Trinajstić information content (AvgIpc) is 3.31. The van der Waals surface area contributed by atoms with E-state index >= 15 is 0 Å². The van der Waals surface area contributed by atoms with Crippen molar-refractivity contribution < 1.29 is 14.2 Å². The van der Waals surface area contributed by atoms with Gasteiger partial charge in [0.15, 0.2) is 11.5 Å². The van der Waals surface area contributed by atoms with E-state index in [2.05, 4.69) is 29.3 Å². The lowest BCUT2D eigenvalue weighted by molar-refractivity contribution is 0.201. The Bertz CT molecular complexity index is 1010. The van der Waals surface area contributed by atoms with Gasteiger partial charge in [0.05, 0.1) is 20.3 Å². The van der Waals surface area contributed by atoms with Crippen LogP contribution in [0, 0.1) is 0 Å². The third-order valence-corrected chi connectivity index (χ3v) is 5.48. The molecule has 0 saturated heterocycles. The Labute approximate surface area is 178 Å². The first-order valence-electron chi connectivity index (χ1n) is 10.4. The average molecular weight is 402 g/mol. The van der Waals surface area contributed by atoms with Crippen molar-refractivity contribution in [2.75, 3.05) is 14.2 Å². The van der Waals surface area contributed by atoms with Crippen LogP contribution < -0.4 is 14.2 Å². The van der Waals surface area contributed by atoms with Gasteiger partial charge in [-0.15, -0.1) is 0 Å². The Morgan fingerprint density at radius 3 is 2.33 bits per heavy atom. The second kappa shape index (κ2) is 9.49. The molecule has 0 N–H and O–H groups in total. The zero-order chi connectivity index (χ0) is 20.8. The SMILES string of the molecule is COc1ccc(C(=Cc2ccncc2)c2ccccc2OC)cc1OC1CCCC1. The quantitative estimate of drug-likeness (QED) is 0.486. The van der Waals surface area contributed by atoms with E-state index in [0.717, 1.165) is 52.4 Å². The number of hydrogen-bond acceptors (Lipinski definition) is 4. The van der Waals surface area contributed by atoms with Gasteiger partial charge in [-0.3, -0.25) is 4.98 Å². The summed E-state index contributed by atoms with van der Waals surface area (Å²) in [5.74, 6) is 2.37. The largest absolute Gasteiger partial charge is 0.496 e. The predicted molar refractivity (Wildman–Crippen MR) is 120 cm³/mol. The third-order valence-electron chi connectivity index (χ3n) is 5.48. The minimum absolute atomic E-state index is 0.257. The lowest BCUT2D eigenvalue weighted by Gasteiger charge is -2.19. The van der Waals surface area contributed by atoms with Crippen LogP contribution in [0.4, 0.5) is 0 Å². The molecular weight excluding hydrogens is 374 g/mol. The molecule has 0 aliphatic heterocycles. The van der Waals surface area contributed by atoms with Crippen molar-refractivity contribution in [3.05, 3.63) is 83.7 Å². The fourth-order valence-corrected chi connectivity index (χ4v) is 3.93. The summed E-state index contributed by atoms with van der Waals surface area (Å²) in [4.78, 5) is 4.14. The van der Waals surface area contributed by atoms with Crippen LogP contribution in [0.1, 0.15) is 42.4 Å². The highest BCUT2D eigenvalue weighted by Gasteiger charge is 2.20. The molecule has 1 heterocycles. The summed E-state index contributed by atoms with van der Waals surface area (Å²) in [6.07, 6.45) is 10.7. The molecule has 1 aromatic heterocycles. The monoisotopic (exact) mass is 401 g/mol. The maximum atomic E-state index is 6.34. The van der Waals surface area contributed by atoms with Crippen LogP contribution in [0.5, 0.6) is 17.2 Å². The molecule has 0 bridgehead atoms. The zero-order valence-corrected chi connectivity index (χ0v) is 17.5. The van der Waals surface area contributed by atoms with E-state index in [4.69, 9.17) is 14.2 Å². The number of para-hydroxylation sites is 1. The summed E-state index contributed by atoms with van der Waals surface area (Å²) in [6, 6.07) is 18.2. The highest BCUT2D eigenvalue weighted by atomic mass is 16.5. The molecule has 0 atom stereocenters. The first-order chi connectivity index (χ1) is 14.8. The number of ether oxygens (including phenoxy) is 3. The standard InChI is InChI=1S/C26H27NO3/c1-28-24-10-6-5-9-22(24)23(17-19-13-15-27-16-14-19)20-11-12-25(29-2)26(18-20)30-21-7-3-4-8-21/h5-6,9-18,21H,3-4,7-8H2,1-2H3. The molecule has 4 rings (SSSR count). The maximum Gasteiger partial charge on any atom is 0.162 e. The normalized spacial score (nSPS) is 14.5. The number of pyridine rings is 1. The zero-order valence-electron chi connectivity index (χ0n) is 17.5. The Morgan fingerprint density at radius 2 is 1.60 bits per heavy atom. The molecule has 1 fully saturated rings. The minimum atomic E-state index is 0.257. The molecule has 1 aliphatic rings. The number of hydrogen-bond donors (Lipinski definition) is 0. The van der Waals surface area contributed by atoms with Crippen molar-refractivity contribution in [2.45, 2.75) is 31.8 Å². The number of nitrogens with zero attached hydrogens (tertiary/aromatic N) is 1. The molecule has 0 unspecified atom stereocenters. The van der Waals surface area contributed by atoms with Crippen LogP contribution in [-0.2, 0) is 0 Å². The third kappa shape index (κ3) is 4.48. The van der Waals surface area contributed by atoms with Crippen molar-refractivity contribution in [1.29, 1.82) is 0 Å². The highest BCUT2D eigenvalue weighted by molar-refractivity contribution is 5.93. The molecule has 0 amide bonds. The summed E-state index contributed by atoms with van der Waals surface area (Å²) >= 11 is 0. The fraction of sp³-hybridized carbons (Fsp3) is 0.269. The molecule has 154 valence electrons. The van der Waals surface area contributed by atoms with Crippen LogP contribution in [0.15, 0.2) is 67.0 Å². The van der Waals surface area contributed by atoms with Crippen molar-refractivity contribution in [3.63, 3.8) is 0 Å². The van der Waals surface area contributed by atoms with E-state index in [-0.39, 0.29) is 6.10 Å². The van der Waals surface area contributed by atoms with Crippen molar-refractivity contribution in [3.8, 4) is 17.2 Å². The summed E-state index contributed by atoms with van der Waals surface area (Å²) < 4.78 is 17.6. The Hall–Kier alpha value is -3.27. The van der Waals surface area contributed by atoms with Crippen LogP contribution in [0.3, 0.4) is 0 Å². The minimum Gasteiger partial charge on any atom is -0.496 e. The second-order valence-corrected chi connectivity index (χ2v) is 7.43. The van der Waals surface area contributed by atoms with E-state index in [0.29, 0.717) is 0 Å². The van der Waals surface area contributed by atoms with E-state index in [1.54, 1.807) is 26.6 Å². The molecule has 1 aliphatic carbocycles. The summed E-state index contributed by atoms with van der Waals surface area (Å²) in [6.45, 7) is 0. The van der Waals surface area contributed by atoms with Gasteiger partial charge in [-0.2, -0.15) is 0 Å². The summed E-state index contributed by atoms with van der Waals surface area (Å²) in [7, 11) is 3.38. The second-order valence-electron chi connectivity index (χ2n) is 7.43. The molecule has 2 aromatic carbocycles. The van der Waals surface area contributed by atoms with Crippen molar-refractivity contribution in [2.24, 2.45) is 0 Å². The smallest absolute Gasteiger partial charge is 0.162 e. The van der Waals surface area contributed by atoms with Gasteiger partial charge in [0.2, 0.25) is 0 Å². The Morgan fingerprint density at radius 1 is 0.867 bits per heavy atom. The van der Waals surface area contributed by atoms with E-state index in [1.165, 1.54) is 12.8 Å². The highest BCUT2D eigenvalue weighted by Crippen LogP contribution is 2.38. The van der Waals surface area contributed by atoms with E-state index < -0.39 is 0 Å². The lowest BCUT2D eigenvalue weighted by Crippen LogP contribution is -2.11. The van der Waals surface area contributed by atoms with Crippen LogP contribution in [-0.4, -0.2) is 25.3 Å². The summed E-state index contributed by atoms with van der Waals surface area (Å²) in [5.41, 5.74) is 4.19. The van der Waals surface area contributed by atoms with Gasteiger partial charge in [0.25, 0.3) is 0 Å². The Kier molecular flexibility index (Phi) is 6.33. The molecule has 30 heavy (non-hydrogen) atoms.